The predicted molar refractivity (Wildman–Crippen MR) is 129 cm³/mol. The molecule has 0 spiro atoms. The van der Waals surface area contributed by atoms with Crippen molar-refractivity contribution >= 4 is 40.1 Å². The minimum absolute atomic E-state index is 0.0252. The molecule has 1 N–H and O–H groups in total. The molecule has 3 rings (SSSR count). The summed E-state index contributed by atoms with van der Waals surface area (Å²) in [6.45, 7) is 8.09. The summed E-state index contributed by atoms with van der Waals surface area (Å²) in [6.07, 6.45) is 1.68. The zero-order chi connectivity index (χ0) is 23.3. The molecule has 8 heteroatoms. The highest BCUT2D eigenvalue weighted by Gasteiger charge is 2.38. The summed E-state index contributed by atoms with van der Waals surface area (Å²) in [7, 11) is 3.08. The van der Waals surface area contributed by atoms with Gasteiger partial charge in [0, 0.05) is 24.7 Å². The Hall–Kier alpha value is -3.26. The number of hydrogen-bond acceptors (Lipinski definition) is 6. The van der Waals surface area contributed by atoms with E-state index in [1.807, 2.05) is 26.0 Å². The summed E-state index contributed by atoms with van der Waals surface area (Å²) >= 11 is 1.30. The van der Waals surface area contributed by atoms with E-state index in [4.69, 9.17) is 9.47 Å². The van der Waals surface area contributed by atoms with Gasteiger partial charge in [-0.25, -0.2) is 4.99 Å². The van der Waals surface area contributed by atoms with Crippen molar-refractivity contribution in [2.45, 2.75) is 25.5 Å². The number of amides is 2. The second-order valence-corrected chi connectivity index (χ2v) is 8.58. The Morgan fingerprint density at radius 3 is 2.47 bits per heavy atom. The highest BCUT2D eigenvalue weighted by Crippen LogP contribution is 2.33. The van der Waals surface area contributed by atoms with Crippen LogP contribution < -0.4 is 14.8 Å². The van der Waals surface area contributed by atoms with Gasteiger partial charge in [0.2, 0.25) is 11.8 Å². The Labute approximate surface area is 192 Å². The van der Waals surface area contributed by atoms with Crippen LogP contribution in [-0.4, -0.2) is 47.9 Å². The third-order valence-electron chi connectivity index (χ3n) is 4.80. The van der Waals surface area contributed by atoms with E-state index in [0.717, 1.165) is 16.8 Å². The van der Waals surface area contributed by atoms with Gasteiger partial charge < -0.3 is 14.8 Å². The zero-order valence-corrected chi connectivity index (χ0v) is 19.5. The number of benzene rings is 2. The third kappa shape index (κ3) is 5.50. The number of nitrogens with one attached hydrogen (secondary N) is 1. The minimum Gasteiger partial charge on any atom is -0.493 e. The van der Waals surface area contributed by atoms with E-state index >= 15 is 0 Å². The number of ether oxygens (including phenoxy) is 2. The van der Waals surface area contributed by atoms with Gasteiger partial charge in [0.1, 0.15) is 5.25 Å². The van der Waals surface area contributed by atoms with Crippen LogP contribution in [0.25, 0.3) is 0 Å². The van der Waals surface area contributed by atoms with E-state index in [2.05, 4.69) is 23.0 Å². The molecule has 1 atom stereocenters. The molecule has 168 valence electrons. The van der Waals surface area contributed by atoms with Crippen LogP contribution in [0.3, 0.4) is 0 Å². The van der Waals surface area contributed by atoms with E-state index in [0.29, 0.717) is 28.9 Å². The molecular formula is C24H27N3O4S. The maximum atomic E-state index is 13.0. The van der Waals surface area contributed by atoms with Gasteiger partial charge in [-0.1, -0.05) is 23.9 Å². The summed E-state index contributed by atoms with van der Waals surface area (Å²) in [4.78, 5) is 31.9. The first-order chi connectivity index (χ1) is 15.3. The Kier molecular flexibility index (Phi) is 7.58. The number of thioether (sulfide) groups is 1. The van der Waals surface area contributed by atoms with Crippen LogP contribution in [-0.2, 0) is 9.59 Å². The molecule has 2 aromatic carbocycles. The molecule has 0 saturated carbocycles. The monoisotopic (exact) mass is 453 g/mol. The minimum atomic E-state index is -0.556. The number of rotatable bonds is 8. The van der Waals surface area contributed by atoms with Crippen LogP contribution in [0, 0.1) is 13.8 Å². The standard InChI is InChI=1S/C24H27N3O4S/c1-6-9-27-23(29)21(32-24(27)26-18-11-15(2)10-16(3)12-18)14-22(28)25-17-7-8-19(30-4)20(13-17)31-5/h6-8,10-13,21H,1,9,14H2,2-5H3,(H,25,28). The average molecular weight is 454 g/mol. The largest absolute Gasteiger partial charge is 0.493 e. The second-order valence-electron chi connectivity index (χ2n) is 7.41. The first-order valence-electron chi connectivity index (χ1n) is 10.1. The Balaban J connectivity index is 1.75. The number of aryl methyl sites for hydroxylation is 2. The van der Waals surface area contributed by atoms with Crippen LogP contribution in [0.1, 0.15) is 17.5 Å². The van der Waals surface area contributed by atoms with Gasteiger partial charge in [0.05, 0.1) is 19.9 Å². The molecule has 2 amide bonds. The number of carbonyl (C=O) groups excluding carboxylic acids is 2. The summed E-state index contributed by atoms with van der Waals surface area (Å²) in [5, 5.41) is 2.84. The fourth-order valence-electron chi connectivity index (χ4n) is 3.44. The number of hydrogen-bond donors (Lipinski definition) is 1. The van der Waals surface area contributed by atoms with Gasteiger partial charge in [0.25, 0.3) is 0 Å². The molecule has 1 saturated heterocycles. The molecule has 0 radical (unpaired) electrons. The molecular weight excluding hydrogens is 426 g/mol. The van der Waals surface area contributed by atoms with Gasteiger partial charge in [-0.05, 0) is 49.2 Å². The van der Waals surface area contributed by atoms with Gasteiger partial charge in [-0.2, -0.15) is 0 Å². The molecule has 1 unspecified atom stereocenters. The normalized spacial score (nSPS) is 16.9. The van der Waals surface area contributed by atoms with E-state index in [9.17, 15) is 9.59 Å². The molecule has 1 heterocycles. The van der Waals surface area contributed by atoms with Crippen molar-refractivity contribution in [1.29, 1.82) is 0 Å². The van der Waals surface area contributed by atoms with E-state index in [-0.39, 0.29) is 18.2 Å². The Morgan fingerprint density at radius 1 is 1.16 bits per heavy atom. The molecule has 1 aliphatic rings. The molecule has 0 bridgehead atoms. The summed E-state index contributed by atoms with van der Waals surface area (Å²) in [6, 6.07) is 11.1. The lowest BCUT2D eigenvalue weighted by atomic mass is 10.1. The molecule has 7 nitrogen and oxygen atoms in total. The predicted octanol–water partition coefficient (Wildman–Crippen LogP) is 4.47. The van der Waals surface area contributed by atoms with Gasteiger partial charge >= 0.3 is 0 Å². The SMILES string of the molecule is C=CCN1C(=O)C(CC(=O)Nc2ccc(OC)c(OC)c2)SC1=Nc1cc(C)cc(C)c1. The van der Waals surface area contributed by atoms with Crippen molar-refractivity contribution < 1.29 is 19.1 Å². The second kappa shape index (κ2) is 10.4. The molecule has 2 aromatic rings. The fraction of sp³-hybridized carbons (Fsp3) is 0.292. The van der Waals surface area contributed by atoms with Crippen LogP contribution in [0.2, 0.25) is 0 Å². The maximum Gasteiger partial charge on any atom is 0.242 e. The Morgan fingerprint density at radius 2 is 1.84 bits per heavy atom. The topological polar surface area (TPSA) is 80.2 Å². The van der Waals surface area contributed by atoms with Gasteiger partial charge in [-0.3, -0.25) is 14.5 Å². The van der Waals surface area contributed by atoms with Crippen molar-refractivity contribution in [1.82, 2.24) is 4.90 Å². The highest BCUT2D eigenvalue weighted by molar-refractivity contribution is 8.15. The lowest BCUT2D eigenvalue weighted by molar-refractivity contribution is -0.127. The smallest absolute Gasteiger partial charge is 0.242 e. The third-order valence-corrected chi connectivity index (χ3v) is 5.98. The number of nitrogens with zero attached hydrogens (tertiary/aromatic N) is 2. The number of methoxy groups -OCH3 is 2. The molecule has 0 aliphatic carbocycles. The van der Waals surface area contributed by atoms with Crippen LogP contribution in [0.15, 0.2) is 54.0 Å². The molecule has 1 fully saturated rings. The number of amidine groups is 1. The van der Waals surface area contributed by atoms with E-state index in [1.165, 1.54) is 18.9 Å². The van der Waals surface area contributed by atoms with Crippen molar-refractivity contribution in [3.63, 3.8) is 0 Å². The fourth-order valence-corrected chi connectivity index (χ4v) is 4.61. The number of anilines is 1. The molecule has 1 aliphatic heterocycles. The van der Waals surface area contributed by atoms with Crippen molar-refractivity contribution in [2.75, 3.05) is 26.1 Å². The summed E-state index contributed by atoms with van der Waals surface area (Å²) in [5.41, 5.74) is 3.54. The Bertz CT molecular complexity index is 1050. The van der Waals surface area contributed by atoms with Crippen molar-refractivity contribution in [3.05, 3.63) is 60.2 Å². The van der Waals surface area contributed by atoms with Crippen molar-refractivity contribution in [2.24, 2.45) is 4.99 Å². The lowest BCUT2D eigenvalue weighted by Gasteiger charge is -2.14. The number of carbonyl (C=O) groups is 2. The van der Waals surface area contributed by atoms with Crippen LogP contribution in [0.5, 0.6) is 11.5 Å². The lowest BCUT2D eigenvalue weighted by Crippen LogP contribution is -2.33. The molecule has 32 heavy (non-hydrogen) atoms. The summed E-state index contributed by atoms with van der Waals surface area (Å²) in [5.74, 6) is 0.658. The van der Waals surface area contributed by atoms with Crippen LogP contribution >= 0.6 is 11.8 Å². The van der Waals surface area contributed by atoms with Gasteiger partial charge in [0.15, 0.2) is 16.7 Å². The van der Waals surface area contributed by atoms with Crippen LogP contribution in [0.4, 0.5) is 11.4 Å². The highest BCUT2D eigenvalue weighted by atomic mass is 32.2. The quantitative estimate of drug-likeness (QED) is 0.597. The first kappa shape index (κ1) is 23.4. The first-order valence-corrected chi connectivity index (χ1v) is 11.0. The molecule has 0 aromatic heterocycles. The number of aliphatic imine (C=N–C) groups is 1. The van der Waals surface area contributed by atoms with E-state index in [1.54, 1.807) is 36.3 Å². The van der Waals surface area contributed by atoms with Gasteiger partial charge in [-0.15, -0.1) is 6.58 Å². The summed E-state index contributed by atoms with van der Waals surface area (Å²) < 4.78 is 10.5. The maximum absolute atomic E-state index is 13.0. The van der Waals surface area contributed by atoms with Crippen molar-refractivity contribution in [3.8, 4) is 11.5 Å². The zero-order valence-electron chi connectivity index (χ0n) is 18.7. The average Bonchev–Trinajstić information content (AvgIpc) is 3.01. The van der Waals surface area contributed by atoms with E-state index < -0.39 is 5.25 Å².